The smallest absolute Gasteiger partial charge is 0.311 e. The fourth-order valence-corrected chi connectivity index (χ4v) is 5.55. The van der Waals surface area contributed by atoms with Crippen LogP contribution in [0.5, 0.6) is 0 Å². The summed E-state index contributed by atoms with van der Waals surface area (Å²) in [4.78, 5) is 25.1. The molecule has 1 saturated heterocycles. The van der Waals surface area contributed by atoms with E-state index in [1.165, 1.54) is 5.57 Å². The minimum absolute atomic E-state index is 0.0594. The van der Waals surface area contributed by atoms with Gasteiger partial charge in [-0.2, -0.15) is 0 Å². The molecule has 0 amide bonds. The maximum atomic E-state index is 13.0. The van der Waals surface area contributed by atoms with E-state index < -0.39 is 5.41 Å². The van der Waals surface area contributed by atoms with Crippen LogP contribution in [0, 0.1) is 29.1 Å². The van der Waals surface area contributed by atoms with Crippen LogP contribution in [-0.4, -0.2) is 36.4 Å². The van der Waals surface area contributed by atoms with Crippen molar-refractivity contribution in [3.63, 3.8) is 0 Å². The van der Waals surface area contributed by atoms with Crippen LogP contribution in [0.4, 0.5) is 0 Å². The highest BCUT2D eigenvalue weighted by Gasteiger charge is 2.43. The molecule has 1 fully saturated rings. The molecule has 1 heterocycles. The third kappa shape index (κ3) is 6.49. The number of esters is 2. The first kappa shape index (κ1) is 26.0. The van der Waals surface area contributed by atoms with Gasteiger partial charge in [0.15, 0.2) is 0 Å². The largest absolute Gasteiger partial charge is 0.462 e. The predicted molar refractivity (Wildman–Crippen MR) is 129 cm³/mol. The molecule has 5 nitrogen and oxygen atoms in total. The molecule has 7 unspecified atom stereocenters. The van der Waals surface area contributed by atoms with Crippen molar-refractivity contribution in [2.24, 2.45) is 29.1 Å². The van der Waals surface area contributed by atoms with Crippen molar-refractivity contribution >= 4 is 11.9 Å². The van der Waals surface area contributed by atoms with E-state index >= 15 is 0 Å². The average Bonchev–Trinajstić information content (AvgIpc) is 2.72. The highest BCUT2D eigenvalue weighted by molar-refractivity contribution is 5.76. The number of hydrogen-bond donors (Lipinski definition) is 0. The molecule has 0 aromatic heterocycles. The molecule has 7 atom stereocenters. The van der Waals surface area contributed by atoms with Crippen LogP contribution in [0.3, 0.4) is 0 Å². The lowest BCUT2D eigenvalue weighted by Crippen LogP contribution is -2.43. The molecule has 5 heteroatoms. The van der Waals surface area contributed by atoms with Crippen molar-refractivity contribution in [3.8, 4) is 0 Å². The highest BCUT2D eigenvalue weighted by atomic mass is 16.6. The number of ether oxygens (including phenoxy) is 3. The summed E-state index contributed by atoms with van der Waals surface area (Å²) < 4.78 is 17.8. The van der Waals surface area contributed by atoms with Gasteiger partial charge >= 0.3 is 11.9 Å². The van der Waals surface area contributed by atoms with E-state index in [1.54, 1.807) is 0 Å². The number of carbonyl (C=O) groups is 2. The lowest BCUT2D eigenvalue weighted by molar-refractivity contribution is -0.168. The summed E-state index contributed by atoms with van der Waals surface area (Å²) in [5.41, 5.74) is 0.823. The van der Waals surface area contributed by atoms with Gasteiger partial charge in [-0.3, -0.25) is 9.59 Å². The van der Waals surface area contributed by atoms with Gasteiger partial charge in [0.2, 0.25) is 0 Å². The lowest BCUT2D eigenvalue weighted by atomic mass is 9.65. The third-order valence-corrected chi connectivity index (χ3v) is 7.80. The summed E-state index contributed by atoms with van der Waals surface area (Å²) in [7, 11) is 0. The minimum atomic E-state index is -0.474. The molecular formula is C28H44O5. The number of cyclic esters (lactones) is 1. The Bertz CT molecular complexity index is 764. The fraction of sp³-hybridized carbons (Fsp3) is 0.786. The van der Waals surface area contributed by atoms with E-state index in [1.807, 2.05) is 34.6 Å². The Balaban J connectivity index is 1.73. The maximum absolute atomic E-state index is 13.0. The summed E-state index contributed by atoms with van der Waals surface area (Å²) in [6, 6.07) is 0. The molecule has 0 N–H and O–H groups in total. The van der Waals surface area contributed by atoms with Gasteiger partial charge in [-0.1, -0.05) is 39.0 Å². The van der Waals surface area contributed by atoms with Crippen molar-refractivity contribution in [2.45, 2.75) is 111 Å². The topological polar surface area (TPSA) is 61.8 Å². The first-order valence-electron chi connectivity index (χ1n) is 13.0. The second-order valence-electron chi connectivity index (χ2n) is 11.4. The van der Waals surface area contributed by atoms with Crippen molar-refractivity contribution in [3.05, 3.63) is 23.8 Å². The molecule has 0 saturated carbocycles. The van der Waals surface area contributed by atoms with Gasteiger partial charge in [0, 0.05) is 12.3 Å². The molecule has 0 radical (unpaired) electrons. The van der Waals surface area contributed by atoms with Gasteiger partial charge in [-0.15, -0.1) is 0 Å². The Hall–Kier alpha value is -1.62. The van der Waals surface area contributed by atoms with Gasteiger partial charge < -0.3 is 14.2 Å². The second-order valence-corrected chi connectivity index (χ2v) is 11.4. The van der Waals surface area contributed by atoms with Crippen molar-refractivity contribution < 1.29 is 23.8 Å². The van der Waals surface area contributed by atoms with Crippen LogP contribution < -0.4 is 0 Å². The van der Waals surface area contributed by atoms with E-state index in [0.717, 1.165) is 32.1 Å². The zero-order valence-electron chi connectivity index (χ0n) is 21.6. The van der Waals surface area contributed by atoms with Crippen molar-refractivity contribution in [2.75, 3.05) is 0 Å². The van der Waals surface area contributed by atoms with Crippen LogP contribution >= 0.6 is 0 Å². The van der Waals surface area contributed by atoms with Gasteiger partial charge in [0.1, 0.15) is 12.2 Å². The van der Waals surface area contributed by atoms with E-state index in [0.29, 0.717) is 24.2 Å². The van der Waals surface area contributed by atoms with Gasteiger partial charge in [-0.05, 0) is 76.7 Å². The minimum Gasteiger partial charge on any atom is -0.462 e. The average molecular weight is 461 g/mol. The summed E-state index contributed by atoms with van der Waals surface area (Å²) in [5.74, 6) is 1.04. The quantitative estimate of drug-likeness (QED) is 0.415. The third-order valence-electron chi connectivity index (χ3n) is 7.80. The first-order valence-corrected chi connectivity index (χ1v) is 13.0. The molecule has 186 valence electrons. The van der Waals surface area contributed by atoms with Crippen LogP contribution in [0.25, 0.3) is 0 Å². The normalized spacial score (nSPS) is 34.5. The molecule has 3 aliphatic rings. The zero-order valence-corrected chi connectivity index (χ0v) is 21.6. The molecule has 0 spiro atoms. The van der Waals surface area contributed by atoms with Crippen molar-refractivity contribution in [1.29, 1.82) is 0 Å². The van der Waals surface area contributed by atoms with Crippen LogP contribution in [0.2, 0.25) is 0 Å². The number of rotatable bonds is 8. The lowest BCUT2D eigenvalue weighted by Gasteiger charge is -2.44. The molecule has 0 aromatic carbocycles. The SMILES string of the molecule is CCC(C)(C)C(=O)OC1CC(C)C=C2C=CC(C)C(CCC3CC(OC(C)C)CC(=O)O3)C21. The van der Waals surface area contributed by atoms with E-state index in [9.17, 15) is 9.59 Å². The first-order chi connectivity index (χ1) is 15.5. The van der Waals surface area contributed by atoms with Crippen molar-refractivity contribution in [1.82, 2.24) is 0 Å². The number of carbonyl (C=O) groups excluding carboxylic acids is 2. The maximum Gasteiger partial charge on any atom is 0.311 e. The molecule has 3 rings (SSSR count). The molecule has 0 aromatic rings. The highest BCUT2D eigenvalue weighted by Crippen LogP contribution is 2.45. The van der Waals surface area contributed by atoms with Crippen LogP contribution in [-0.2, 0) is 23.8 Å². The second kappa shape index (κ2) is 10.8. The fourth-order valence-electron chi connectivity index (χ4n) is 5.55. The number of allylic oxidation sites excluding steroid dienone is 3. The van der Waals surface area contributed by atoms with Gasteiger partial charge in [0.25, 0.3) is 0 Å². The molecule has 0 bridgehead atoms. The summed E-state index contributed by atoms with van der Waals surface area (Å²) >= 11 is 0. The monoisotopic (exact) mass is 460 g/mol. The molecule has 33 heavy (non-hydrogen) atoms. The van der Waals surface area contributed by atoms with Crippen LogP contribution in [0.15, 0.2) is 23.8 Å². The Morgan fingerprint density at radius 3 is 2.61 bits per heavy atom. The zero-order chi connectivity index (χ0) is 24.3. The number of hydrogen-bond acceptors (Lipinski definition) is 5. The van der Waals surface area contributed by atoms with E-state index in [2.05, 4.69) is 32.1 Å². The summed E-state index contributed by atoms with van der Waals surface area (Å²) in [6.45, 7) is 14.4. The Morgan fingerprint density at radius 1 is 1.21 bits per heavy atom. The Labute approximate surface area is 200 Å². The Morgan fingerprint density at radius 2 is 1.94 bits per heavy atom. The van der Waals surface area contributed by atoms with E-state index in [4.69, 9.17) is 14.2 Å². The standard InChI is InChI=1S/C28H44O5/c1-8-28(6,7)27(30)33-24-14-18(4)13-20-10-9-19(5)23(26(20)24)12-11-21-15-22(31-17(2)3)16-25(29)32-21/h9-10,13,17-19,21-24,26H,8,11-12,14-16H2,1-7H3. The summed E-state index contributed by atoms with van der Waals surface area (Å²) in [5, 5.41) is 0. The molecule has 2 aliphatic carbocycles. The van der Waals surface area contributed by atoms with Gasteiger partial charge in [-0.25, -0.2) is 0 Å². The predicted octanol–water partition coefficient (Wildman–Crippen LogP) is 6.02. The molecule has 1 aliphatic heterocycles. The van der Waals surface area contributed by atoms with Gasteiger partial charge in [0.05, 0.1) is 24.0 Å². The summed E-state index contributed by atoms with van der Waals surface area (Å²) in [6.07, 6.45) is 11.2. The Kier molecular flexibility index (Phi) is 8.47. The molecular weight excluding hydrogens is 416 g/mol. The number of fused-ring (bicyclic) bond motifs is 1. The van der Waals surface area contributed by atoms with Crippen LogP contribution in [0.1, 0.15) is 87.0 Å². The van der Waals surface area contributed by atoms with E-state index in [-0.39, 0.29) is 42.3 Å².